The molecular formula is C40H20Br4N4. The van der Waals surface area contributed by atoms with Gasteiger partial charge in [0.15, 0.2) is 0 Å². The highest BCUT2D eigenvalue weighted by Crippen LogP contribution is 3.08. The minimum Gasteiger partial charge on any atom is -0.192 e. The van der Waals surface area contributed by atoms with Gasteiger partial charge in [-0.05, 0) is 93.8 Å². The largest absolute Gasteiger partial charge is 0.192 e. The summed E-state index contributed by atoms with van der Waals surface area (Å²) in [6.07, 6.45) is 0. The van der Waals surface area contributed by atoms with Crippen molar-refractivity contribution in [1.82, 2.24) is 0 Å². The number of halogens is 4. The molecule has 6 saturated carbocycles. The molecule has 8 atom stereocenters. The average Bonchev–Trinajstić information content (AvgIpc) is 3.60. The first kappa shape index (κ1) is 30.3. The van der Waals surface area contributed by atoms with E-state index in [-0.39, 0.29) is 34.8 Å². The zero-order chi connectivity index (χ0) is 33.4. The monoisotopic (exact) mass is 872 g/mol. The second kappa shape index (κ2) is 9.91. The maximum atomic E-state index is 10.7. The maximum Gasteiger partial charge on any atom is 0.130 e. The van der Waals surface area contributed by atoms with Crippen molar-refractivity contribution in [2.75, 3.05) is 0 Å². The molecule has 4 aromatic rings. The lowest BCUT2D eigenvalue weighted by atomic mass is 9.12. The minimum atomic E-state index is -0.772. The van der Waals surface area contributed by atoms with Crippen LogP contribution in [0.25, 0.3) is 0 Å². The third-order valence-corrected chi connectivity index (χ3v) is 14.7. The highest BCUT2D eigenvalue weighted by Gasteiger charge is 3.10. The van der Waals surface area contributed by atoms with E-state index in [1.165, 1.54) is 0 Å². The molecule has 0 aliphatic heterocycles. The van der Waals surface area contributed by atoms with Crippen LogP contribution in [-0.2, 0) is 21.7 Å². The Bertz CT molecular complexity index is 2320. The molecule has 6 aliphatic carbocycles. The normalized spacial score (nSPS) is 33.6. The van der Waals surface area contributed by atoms with Crippen LogP contribution in [0, 0.1) is 69.0 Å². The second-order valence-electron chi connectivity index (χ2n) is 13.3. The zero-order valence-corrected chi connectivity index (χ0v) is 31.2. The van der Waals surface area contributed by atoms with E-state index >= 15 is 0 Å². The molecule has 48 heavy (non-hydrogen) atoms. The van der Waals surface area contributed by atoms with E-state index < -0.39 is 21.7 Å². The van der Waals surface area contributed by atoms with Crippen LogP contribution in [0.15, 0.2) is 137 Å². The van der Waals surface area contributed by atoms with Gasteiger partial charge in [0.05, 0.1) is 0 Å². The van der Waals surface area contributed by atoms with Crippen LogP contribution in [0.1, 0.15) is 22.3 Å². The SMILES string of the molecule is N#CC(C#N)=C1C2C3C(=C(C#N)C#N)C4(c5ccc(Br)cc5)C2C2(c5ccc(Br)cc5)C1C3(c1ccc(Br)cc1)C42c1ccc(Br)cc1. The first-order valence-electron chi connectivity index (χ1n) is 15.4. The molecule has 0 amide bonds. The van der Waals surface area contributed by atoms with Crippen molar-refractivity contribution in [3.8, 4) is 24.3 Å². The van der Waals surface area contributed by atoms with Crippen molar-refractivity contribution in [3.63, 3.8) is 0 Å². The smallest absolute Gasteiger partial charge is 0.130 e. The van der Waals surface area contributed by atoms with Crippen LogP contribution >= 0.6 is 63.7 Å². The molecule has 4 bridgehead atoms. The lowest BCUT2D eigenvalue weighted by molar-refractivity contribution is -0.267. The van der Waals surface area contributed by atoms with Gasteiger partial charge in [-0.3, -0.25) is 0 Å². The highest BCUT2D eigenvalue weighted by molar-refractivity contribution is 9.11. The molecule has 0 radical (unpaired) electrons. The van der Waals surface area contributed by atoms with E-state index in [1.54, 1.807) is 0 Å². The molecule has 228 valence electrons. The van der Waals surface area contributed by atoms with Crippen molar-refractivity contribution in [2.45, 2.75) is 21.7 Å². The fourth-order valence-corrected chi connectivity index (χ4v) is 13.4. The van der Waals surface area contributed by atoms with E-state index in [1.807, 2.05) is 12.1 Å². The lowest BCUT2D eigenvalue weighted by Crippen LogP contribution is -2.94. The average molecular weight is 876 g/mol. The minimum absolute atomic E-state index is 0.0956. The van der Waals surface area contributed by atoms with Gasteiger partial charge in [0.25, 0.3) is 0 Å². The molecule has 0 N–H and O–H groups in total. The van der Waals surface area contributed by atoms with Crippen molar-refractivity contribution in [1.29, 1.82) is 21.0 Å². The summed E-state index contributed by atoms with van der Waals surface area (Å²) in [7, 11) is 0. The maximum absolute atomic E-state index is 10.7. The Labute approximate surface area is 311 Å². The number of nitriles is 4. The van der Waals surface area contributed by atoms with Gasteiger partial charge in [0.1, 0.15) is 35.4 Å². The zero-order valence-electron chi connectivity index (χ0n) is 24.8. The molecular weight excluding hydrogens is 856 g/mol. The molecule has 0 spiro atoms. The Balaban J connectivity index is 1.57. The van der Waals surface area contributed by atoms with Gasteiger partial charge in [-0.15, -0.1) is 0 Å². The number of hydrogen-bond acceptors (Lipinski definition) is 4. The molecule has 10 rings (SSSR count). The van der Waals surface area contributed by atoms with E-state index in [0.29, 0.717) is 0 Å². The van der Waals surface area contributed by atoms with Crippen molar-refractivity contribution < 1.29 is 0 Å². The topological polar surface area (TPSA) is 95.2 Å². The van der Waals surface area contributed by atoms with Gasteiger partial charge in [-0.1, -0.05) is 112 Å². The van der Waals surface area contributed by atoms with Gasteiger partial charge in [-0.2, -0.15) is 21.0 Å². The predicted octanol–water partition coefficient (Wildman–Crippen LogP) is 10.0. The molecule has 0 heterocycles. The summed E-state index contributed by atoms with van der Waals surface area (Å²) in [5, 5.41) is 42.6. The summed E-state index contributed by atoms with van der Waals surface area (Å²) in [6, 6.07) is 43.2. The van der Waals surface area contributed by atoms with Crippen LogP contribution in [-0.4, -0.2) is 0 Å². The molecule has 8 unspecified atom stereocenters. The molecule has 6 fully saturated rings. The quantitative estimate of drug-likeness (QED) is 0.191. The first-order valence-corrected chi connectivity index (χ1v) is 18.6. The summed E-state index contributed by atoms with van der Waals surface area (Å²) in [5.74, 6) is -0.768. The number of rotatable bonds is 4. The molecule has 0 saturated heterocycles. The Morgan fingerprint density at radius 1 is 0.500 bits per heavy atom. The van der Waals surface area contributed by atoms with Gasteiger partial charge in [0.2, 0.25) is 0 Å². The van der Waals surface area contributed by atoms with Crippen LogP contribution in [0.4, 0.5) is 0 Å². The van der Waals surface area contributed by atoms with Crippen molar-refractivity contribution >= 4 is 63.7 Å². The van der Waals surface area contributed by atoms with E-state index in [9.17, 15) is 21.0 Å². The van der Waals surface area contributed by atoms with Crippen LogP contribution in [0.5, 0.6) is 0 Å². The molecule has 4 nitrogen and oxygen atoms in total. The van der Waals surface area contributed by atoms with Gasteiger partial charge in [-0.25, -0.2) is 0 Å². The Hall–Kier alpha value is -3.76. The highest BCUT2D eigenvalue weighted by atomic mass is 79.9. The Kier molecular flexibility index (Phi) is 6.26. The van der Waals surface area contributed by atoms with Crippen molar-refractivity contribution in [3.05, 3.63) is 159 Å². The standard InChI is InChI=1S/C40H20Br4N4/c41-27-9-1-23(2-10-27)37-33(22(19-47)20-48)34-32-31(21(17-45)18-46)35-38(34,24-3-11-28(42)12-4-24)40(37,26-7-15-30(44)16-8-26)39(35,36(32)37)25-5-13-29(43)14-6-25/h1-16,32,34-36H. The fourth-order valence-electron chi connectivity index (χ4n) is 12.3. The summed E-state index contributed by atoms with van der Waals surface area (Å²) in [4.78, 5) is 0. The Morgan fingerprint density at radius 2 is 0.896 bits per heavy atom. The number of benzene rings is 4. The summed E-state index contributed by atoms with van der Waals surface area (Å²) in [5.41, 5.74) is 3.81. The van der Waals surface area contributed by atoms with Gasteiger partial charge in [0, 0.05) is 51.4 Å². The van der Waals surface area contributed by atoms with Crippen LogP contribution in [0.2, 0.25) is 0 Å². The molecule has 6 aliphatic rings. The Morgan fingerprint density at radius 3 is 1.33 bits per heavy atom. The van der Waals surface area contributed by atoms with Crippen LogP contribution < -0.4 is 0 Å². The summed E-state index contributed by atoms with van der Waals surface area (Å²) in [6.45, 7) is 0. The lowest BCUT2D eigenvalue weighted by Gasteiger charge is -2.88. The van der Waals surface area contributed by atoms with Gasteiger partial charge >= 0.3 is 0 Å². The number of nitrogens with zero attached hydrogens (tertiary/aromatic N) is 4. The summed E-state index contributed by atoms with van der Waals surface area (Å²) < 4.78 is 3.80. The molecule has 4 aromatic carbocycles. The molecule has 8 heteroatoms. The predicted molar refractivity (Wildman–Crippen MR) is 194 cm³/mol. The van der Waals surface area contributed by atoms with Crippen LogP contribution in [0.3, 0.4) is 0 Å². The van der Waals surface area contributed by atoms with Gasteiger partial charge < -0.3 is 0 Å². The fraction of sp³-hybridized carbons (Fsp3) is 0.200. The second-order valence-corrected chi connectivity index (χ2v) is 17.0. The number of allylic oxidation sites excluding steroid dienone is 4. The summed E-state index contributed by atoms with van der Waals surface area (Å²) >= 11 is 14.7. The van der Waals surface area contributed by atoms with E-state index in [2.05, 4.69) is 173 Å². The van der Waals surface area contributed by atoms with E-state index in [0.717, 1.165) is 51.3 Å². The van der Waals surface area contributed by atoms with E-state index in [4.69, 9.17) is 0 Å². The first-order chi connectivity index (χ1) is 23.3. The third-order valence-electron chi connectivity index (χ3n) is 12.5. The van der Waals surface area contributed by atoms with Crippen molar-refractivity contribution in [2.24, 2.45) is 23.7 Å². The number of hydrogen-bond donors (Lipinski definition) is 0. The molecule has 0 aromatic heterocycles. The third kappa shape index (κ3) is 2.83.